The van der Waals surface area contributed by atoms with Crippen molar-refractivity contribution in [3.05, 3.63) is 83.4 Å². The fourth-order valence-electron chi connectivity index (χ4n) is 2.50. The van der Waals surface area contributed by atoms with Crippen molar-refractivity contribution in [3.63, 3.8) is 0 Å². The number of halogens is 1. The molecule has 0 heterocycles. The van der Waals surface area contributed by atoms with E-state index in [1.807, 2.05) is 54.6 Å². The van der Waals surface area contributed by atoms with Gasteiger partial charge in [-0.2, -0.15) is 5.10 Å². The van der Waals surface area contributed by atoms with E-state index in [4.69, 9.17) is 21.1 Å². The zero-order chi connectivity index (χ0) is 19.8. The van der Waals surface area contributed by atoms with Gasteiger partial charge in [-0.15, -0.1) is 0 Å². The van der Waals surface area contributed by atoms with E-state index in [-0.39, 0.29) is 12.5 Å². The third-order valence-electron chi connectivity index (χ3n) is 3.91. The van der Waals surface area contributed by atoms with Crippen LogP contribution in [0.5, 0.6) is 11.5 Å². The molecule has 5 nitrogen and oxygen atoms in total. The number of ether oxygens (including phenoxy) is 2. The smallest absolute Gasteiger partial charge is 0.277 e. The third-order valence-corrected chi connectivity index (χ3v) is 4.21. The minimum atomic E-state index is -0.358. The highest BCUT2D eigenvalue weighted by molar-refractivity contribution is 6.32. The SMILES string of the molecule is COc1ccc(C=NNC(=O)COc2ccc(-c3ccccc3)cc2)cc1Cl. The molecule has 1 amide bonds. The summed E-state index contributed by atoms with van der Waals surface area (Å²) in [6.07, 6.45) is 1.50. The van der Waals surface area contributed by atoms with Crippen LogP contribution in [0, 0.1) is 0 Å². The normalized spacial score (nSPS) is 10.6. The van der Waals surface area contributed by atoms with Crippen LogP contribution in [0.25, 0.3) is 11.1 Å². The van der Waals surface area contributed by atoms with Crippen LogP contribution < -0.4 is 14.9 Å². The maximum atomic E-state index is 11.9. The first kappa shape index (κ1) is 19.5. The number of hydrazone groups is 1. The van der Waals surface area contributed by atoms with Gasteiger partial charge in [-0.3, -0.25) is 4.79 Å². The van der Waals surface area contributed by atoms with E-state index in [9.17, 15) is 4.79 Å². The predicted molar refractivity (Wildman–Crippen MR) is 111 cm³/mol. The number of benzene rings is 3. The number of hydrogen-bond acceptors (Lipinski definition) is 4. The molecule has 0 unspecified atom stereocenters. The van der Waals surface area contributed by atoms with Crippen molar-refractivity contribution in [2.75, 3.05) is 13.7 Å². The number of rotatable bonds is 7. The lowest BCUT2D eigenvalue weighted by Crippen LogP contribution is -2.24. The Labute approximate surface area is 168 Å². The van der Waals surface area contributed by atoms with Crippen LogP contribution in [0.1, 0.15) is 5.56 Å². The molecule has 0 aliphatic carbocycles. The second-order valence-corrected chi connectivity index (χ2v) is 6.27. The first-order valence-electron chi connectivity index (χ1n) is 8.59. The van der Waals surface area contributed by atoms with Gasteiger partial charge in [-0.1, -0.05) is 54.1 Å². The number of nitrogens with one attached hydrogen (secondary N) is 1. The number of hydrogen-bond donors (Lipinski definition) is 1. The van der Waals surface area contributed by atoms with Gasteiger partial charge in [-0.25, -0.2) is 5.43 Å². The Hall–Kier alpha value is -3.31. The Balaban J connectivity index is 1.48. The Bertz CT molecular complexity index is 957. The van der Waals surface area contributed by atoms with Gasteiger partial charge >= 0.3 is 0 Å². The van der Waals surface area contributed by atoms with E-state index in [0.29, 0.717) is 16.5 Å². The highest BCUT2D eigenvalue weighted by Gasteiger charge is 2.03. The number of amides is 1. The van der Waals surface area contributed by atoms with Crippen molar-refractivity contribution in [1.82, 2.24) is 5.43 Å². The first-order valence-corrected chi connectivity index (χ1v) is 8.97. The van der Waals surface area contributed by atoms with Gasteiger partial charge < -0.3 is 9.47 Å². The van der Waals surface area contributed by atoms with Crippen molar-refractivity contribution >= 4 is 23.7 Å². The average molecular weight is 395 g/mol. The molecule has 0 saturated carbocycles. The molecule has 0 aliphatic rings. The minimum Gasteiger partial charge on any atom is -0.495 e. The lowest BCUT2D eigenvalue weighted by Gasteiger charge is -2.07. The van der Waals surface area contributed by atoms with Crippen LogP contribution in [0.15, 0.2) is 77.9 Å². The quantitative estimate of drug-likeness (QED) is 0.472. The average Bonchev–Trinajstić information content (AvgIpc) is 2.73. The zero-order valence-corrected chi connectivity index (χ0v) is 16.0. The lowest BCUT2D eigenvalue weighted by atomic mass is 10.1. The molecule has 0 aliphatic heterocycles. The number of carbonyl (C=O) groups excluding carboxylic acids is 1. The summed E-state index contributed by atoms with van der Waals surface area (Å²) >= 11 is 6.04. The summed E-state index contributed by atoms with van der Waals surface area (Å²) in [5.41, 5.74) is 5.37. The molecule has 0 aromatic heterocycles. The molecule has 3 rings (SSSR count). The minimum absolute atomic E-state index is 0.134. The van der Waals surface area contributed by atoms with E-state index in [0.717, 1.165) is 16.7 Å². The summed E-state index contributed by atoms with van der Waals surface area (Å²) < 4.78 is 10.6. The summed E-state index contributed by atoms with van der Waals surface area (Å²) in [4.78, 5) is 11.9. The Morgan fingerprint density at radius 1 is 1.04 bits per heavy atom. The van der Waals surface area contributed by atoms with Gasteiger partial charge in [-0.05, 0) is 47.0 Å². The van der Waals surface area contributed by atoms with Gasteiger partial charge in [0.1, 0.15) is 11.5 Å². The van der Waals surface area contributed by atoms with E-state index in [2.05, 4.69) is 10.5 Å². The fourth-order valence-corrected chi connectivity index (χ4v) is 2.76. The first-order chi connectivity index (χ1) is 13.7. The summed E-state index contributed by atoms with van der Waals surface area (Å²) in [5, 5.41) is 4.37. The van der Waals surface area contributed by atoms with Gasteiger partial charge in [0.15, 0.2) is 6.61 Å². The molecule has 3 aromatic rings. The molecular weight excluding hydrogens is 376 g/mol. The Morgan fingerprint density at radius 2 is 1.75 bits per heavy atom. The van der Waals surface area contributed by atoms with E-state index in [1.165, 1.54) is 6.21 Å². The Morgan fingerprint density at radius 3 is 2.43 bits per heavy atom. The molecule has 0 bridgehead atoms. The van der Waals surface area contributed by atoms with E-state index < -0.39 is 0 Å². The van der Waals surface area contributed by atoms with Crippen molar-refractivity contribution in [1.29, 1.82) is 0 Å². The molecule has 142 valence electrons. The van der Waals surface area contributed by atoms with Gasteiger partial charge in [0.2, 0.25) is 0 Å². The second kappa shape index (κ2) is 9.58. The van der Waals surface area contributed by atoms with Crippen LogP contribution in [0.3, 0.4) is 0 Å². The highest BCUT2D eigenvalue weighted by Crippen LogP contribution is 2.24. The van der Waals surface area contributed by atoms with Crippen LogP contribution in [0.2, 0.25) is 5.02 Å². The molecular formula is C22H19ClN2O3. The second-order valence-electron chi connectivity index (χ2n) is 5.87. The summed E-state index contributed by atoms with van der Waals surface area (Å²) in [7, 11) is 1.55. The van der Waals surface area contributed by atoms with Crippen molar-refractivity contribution in [2.45, 2.75) is 0 Å². The number of carbonyl (C=O) groups is 1. The largest absolute Gasteiger partial charge is 0.495 e. The fraction of sp³-hybridized carbons (Fsp3) is 0.0909. The standard InChI is InChI=1S/C22H19ClN2O3/c1-27-21-12-7-16(13-20(21)23)14-24-25-22(26)15-28-19-10-8-18(9-11-19)17-5-3-2-4-6-17/h2-14H,15H2,1H3,(H,25,26). The predicted octanol–water partition coefficient (Wildman–Crippen LogP) is 4.54. The number of nitrogens with zero attached hydrogens (tertiary/aromatic N) is 1. The topological polar surface area (TPSA) is 59.9 Å². The van der Waals surface area contributed by atoms with Crippen LogP contribution in [0.4, 0.5) is 0 Å². The van der Waals surface area contributed by atoms with Gasteiger partial charge in [0.25, 0.3) is 5.91 Å². The van der Waals surface area contributed by atoms with Crippen molar-refractivity contribution in [2.24, 2.45) is 5.10 Å². The van der Waals surface area contributed by atoms with Crippen LogP contribution in [-0.4, -0.2) is 25.8 Å². The lowest BCUT2D eigenvalue weighted by molar-refractivity contribution is -0.123. The molecule has 0 spiro atoms. The molecule has 0 fully saturated rings. The summed E-state index contributed by atoms with van der Waals surface area (Å²) in [5.74, 6) is 0.832. The maximum Gasteiger partial charge on any atom is 0.277 e. The molecule has 6 heteroatoms. The highest BCUT2D eigenvalue weighted by atomic mass is 35.5. The monoisotopic (exact) mass is 394 g/mol. The van der Waals surface area contributed by atoms with Crippen molar-refractivity contribution in [3.8, 4) is 22.6 Å². The third kappa shape index (κ3) is 5.34. The summed E-state index contributed by atoms with van der Waals surface area (Å²) in [6.45, 7) is -0.134. The van der Waals surface area contributed by atoms with Crippen LogP contribution >= 0.6 is 11.6 Å². The van der Waals surface area contributed by atoms with Crippen LogP contribution in [-0.2, 0) is 4.79 Å². The molecule has 1 N–H and O–H groups in total. The molecule has 0 saturated heterocycles. The number of methoxy groups -OCH3 is 1. The van der Waals surface area contributed by atoms with Gasteiger partial charge in [0.05, 0.1) is 18.3 Å². The zero-order valence-electron chi connectivity index (χ0n) is 15.3. The Kier molecular flexibility index (Phi) is 6.65. The molecule has 0 atom stereocenters. The molecule has 28 heavy (non-hydrogen) atoms. The summed E-state index contributed by atoms with van der Waals surface area (Å²) in [6, 6.07) is 22.8. The molecule has 0 radical (unpaired) electrons. The van der Waals surface area contributed by atoms with Gasteiger partial charge in [0, 0.05) is 0 Å². The van der Waals surface area contributed by atoms with Crippen molar-refractivity contribution < 1.29 is 14.3 Å². The maximum absolute atomic E-state index is 11.9. The van der Waals surface area contributed by atoms with E-state index in [1.54, 1.807) is 25.3 Å². The molecule has 3 aromatic carbocycles. The van der Waals surface area contributed by atoms with E-state index >= 15 is 0 Å².